The predicted molar refractivity (Wildman–Crippen MR) is 37.9 cm³/mol. The van der Waals surface area contributed by atoms with E-state index in [1.807, 2.05) is 20.8 Å². The standard InChI is InChI=1S/C4H11N.BrH.H2O/c1-4(2,3)5;;/h5H2,1-3H3;1H;1H2. The Labute approximate surface area is 55.2 Å². The van der Waals surface area contributed by atoms with Crippen molar-refractivity contribution in [1.29, 1.82) is 0 Å². The molecule has 0 aliphatic carbocycles. The minimum Gasteiger partial charge on any atom is -0.412 e. The average Bonchev–Trinajstić information content (AvgIpc) is 0.722. The second kappa shape index (κ2) is 4.56. The van der Waals surface area contributed by atoms with E-state index in [2.05, 4.69) is 0 Å². The Morgan fingerprint density at radius 1 is 1.14 bits per heavy atom. The summed E-state index contributed by atoms with van der Waals surface area (Å²) in [5.41, 5.74) is 5.35. The number of nitrogens with two attached hydrogens (primary N) is 1. The van der Waals surface area contributed by atoms with Gasteiger partial charge in [0.15, 0.2) is 0 Å². The topological polar surface area (TPSA) is 57.5 Å². The van der Waals surface area contributed by atoms with E-state index in [-0.39, 0.29) is 28.0 Å². The Bertz CT molecular complexity index is 27.2. The van der Waals surface area contributed by atoms with Gasteiger partial charge in [-0.3, -0.25) is 0 Å². The molecular weight excluding hydrogens is 158 g/mol. The molecule has 0 aliphatic rings. The van der Waals surface area contributed by atoms with Crippen LogP contribution < -0.4 is 5.73 Å². The molecule has 0 aromatic heterocycles. The summed E-state index contributed by atoms with van der Waals surface area (Å²) < 4.78 is 0. The van der Waals surface area contributed by atoms with Crippen molar-refractivity contribution in [1.82, 2.24) is 0 Å². The Morgan fingerprint density at radius 3 is 1.14 bits per heavy atom. The third kappa shape index (κ3) is 774. The summed E-state index contributed by atoms with van der Waals surface area (Å²) in [6.07, 6.45) is 0. The van der Waals surface area contributed by atoms with E-state index in [9.17, 15) is 0 Å². The zero-order chi connectivity index (χ0) is 4.50. The van der Waals surface area contributed by atoms with E-state index in [1.165, 1.54) is 0 Å². The summed E-state index contributed by atoms with van der Waals surface area (Å²) >= 11 is 0. The molecule has 0 saturated carbocycles. The molecule has 0 aliphatic heterocycles. The van der Waals surface area contributed by atoms with E-state index < -0.39 is 0 Å². The summed E-state index contributed by atoms with van der Waals surface area (Å²) in [4.78, 5) is 0. The maximum absolute atomic E-state index is 5.35. The van der Waals surface area contributed by atoms with Crippen LogP contribution in [0.1, 0.15) is 20.8 Å². The average molecular weight is 172 g/mol. The summed E-state index contributed by atoms with van der Waals surface area (Å²) in [7, 11) is 0. The van der Waals surface area contributed by atoms with Gasteiger partial charge in [0.1, 0.15) is 0 Å². The third-order valence-corrected chi connectivity index (χ3v) is 0. The summed E-state index contributed by atoms with van der Waals surface area (Å²) in [6, 6.07) is 0. The lowest BCUT2D eigenvalue weighted by Gasteiger charge is -2.06. The van der Waals surface area contributed by atoms with E-state index in [4.69, 9.17) is 5.73 Å². The van der Waals surface area contributed by atoms with Crippen LogP contribution in [-0.2, 0) is 0 Å². The first-order valence-corrected chi connectivity index (χ1v) is 1.79. The lowest BCUT2D eigenvalue weighted by atomic mass is 10.1. The molecule has 0 bridgehead atoms. The van der Waals surface area contributed by atoms with Gasteiger partial charge in [-0.25, -0.2) is 0 Å². The van der Waals surface area contributed by atoms with Gasteiger partial charge in [-0.15, -0.1) is 17.0 Å². The Balaban J connectivity index is -0.0000000800. The van der Waals surface area contributed by atoms with E-state index in [1.54, 1.807) is 0 Å². The summed E-state index contributed by atoms with van der Waals surface area (Å²) in [5.74, 6) is 0. The van der Waals surface area contributed by atoms with Gasteiger partial charge in [0, 0.05) is 5.54 Å². The Hall–Kier alpha value is 0.400. The van der Waals surface area contributed by atoms with Crippen LogP contribution in [0, 0.1) is 0 Å². The van der Waals surface area contributed by atoms with E-state index >= 15 is 0 Å². The van der Waals surface area contributed by atoms with Crippen LogP contribution in [0.5, 0.6) is 0 Å². The fourth-order valence-corrected chi connectivity index (χ4v) is 0. The van der Waals surface area contributed by atoms with Crippen molar-refractivity contribution in [3.8, 4) is 0 Å². The van der Waals surface area contributed by atoms with Crippen LogP contribution in [0.25, 0.3) is 0 Å². The third-order valence-electron chi connectivity index (χ3n) is 0. The van der Waals surface area contributed by atoms with E-state index in [0.29, 0.717) is 0 Å². The normalized spacial score (nSPS) is 8.57. The molecule has 0 fully saturated rings. The van der Waals surface area contributed by atoms with Gasteiger partial charge < -0.3 is 11.2 Å². The van der Waals surface area contributed by atoms with Crippen molar-refractivity contribution >= 4 is 17.0 Å². The number of hydrogen-bond donors (Lipinski definition) is 1. The molecule has 3 heteroatoms. The van der Waals surface area contributed by atoms with Crippen molar-refractivity contribution in [2.45, 2.75) is 26.3 Å². The highest BCUT2D eigenvalue weighted by Gasteiger charge is 1.95. The summed E-state index contributed by atoms with van der Waals surface area (Å²) in [5, 5.41) is 0. The van der Waals surface area contributed by atoms with Crippen molar-refractivity contribution in [3.05, 3.63) is 0 Å². The number of hydrogen-bond acceptors (Lipinski definition) is 1. The van der Waals surface area contributed by atoms with Gasteiger partial charge >= 0.3 is 0 Å². The molecule has 4 N–H and O–H groups in total. The molecule has 7 heavy (non-hydrogen) atoms. The molecule has 0 rings (SSSR count). The lowest BCUT2D eigenvalue weighted by molar-refractivity contribution is 0.580. The van der Waals surface area contributed by atoms with Crippen LogP contribution >= 0.6 is 17.0 Å². The first-order valence-electron chi connectivity index (χ1n) is 1.79. The van der Waals surface area contributed by atoms with Crippen molar-refractivity contribution in [2.75, 3.05) is 0 Å². The molecule has 0 aromatic rings. The SMILES string of the molecule is Br.CC(C)(C)N.O. The minimum atomic E-state index is 0. The summed E-state index contributed by atoms with van der Waals surface area (Å²) in [6.45, 7) is 5.90. The van der Waals surface area contributed by atoms with Gasteiger partial charge in [-0.1, -0.05) is 0 Å². The number of halogens is 1. The van der Waals surface area contributed by atoms with Gasteiger partial charge in [-0.2, -0.15) is 0 Å². The molecule has 0 radical (unpaired) electrons. The maximum Gasteiger partial charge on any atom is 0.00686 e. The smallest absolute Gasteiger partial charge is 0.00686 e. The Morgan fingerprint density at radius 2 is 1.14 bits per heavy atom. The molecule has 48 valence electrons. The minimum absolute atomic E-state index is 0. The molecule has 0 saturated heterocycles. The highest BCUT2D eigenvalue weighted by molar-refractivity contribution is 8.93. The van der Waals surface area contributed by atoms with Crippen LogP contribution in [0.3, 0.4) is 0 Å². The lowest BCUT2D eigenvalue weighted by Crippen LogP contribution is -2.26. The number of rotatable bonds is 0. The maximum atomic E-state index is 5.35. The quantitative estimate of drug-likeness (QED) is 0.568. The Kier molecular flexibility index (Phi) is 10.2. The highest BCUT2D eigenvalue weighted by Crippen LogP contribution is 1.88. The second-order valence-corrected chi connectivity index (χ2v) is 2.37. The first-order chi connectivity index (χ1) is 2.00. The highest BCUT2D eigenvalue weighted by atomic mass is 79.9. The predicted octanol–water partition coefficient (Wildman–Crippen LogP) is 0.497. The van der Waals surface area contributed by atoms with Crippen molar-refractivity contribution < 1.29 is 5.48 Å². The van der Waals surface area contributed by atoms with Gasteiger partial charge in [-0.05, 0) is 20.8 Å². The monoisotopic (exact) mass is 171 g/mol. The molecule has 0 heterocycles. The van der Waals surface area contributed by atoms with Gasteiger partial charge in [0.25, 0.3) is 0 Å². The largest absolute Gasteiger partial charge is 0.412 e. The fourth-order valence-electron chi connectivity index (χ4n) is 0. The molecular formula is C4H14BrNO. The van der Waals surface area contributed by atoms with Gasteiger partial charge in [0.05, 0.1) is 0 Å². The first kappa shape index (κ1) is 15.7. The molecule has 0 spiro atoms. The fraction of sp³-hybridized carbons (Fsp3) is 1.00. The molecule has 0 amide bonds. The molecule has 0 unspecified atom stereocenters. The van der Waals surface area contributed by atoms with Crippen molar-refractivity contribution in [3.63, 3.8) is 0 Å². The van der Waals surface area contributed by atoms with Crippen LogP contribution in [0.4, 0.5) is 0 Å². The van der Waals surface area contributed by atoms with Crippen LogP contribution in [0.15, 0.2) is 0 Å². The molecule has 0 atom stereocenters. The molecule has 0 aromatic carbocycles. The zero-order valence-electron chi connectivity index (χ0n) is 4.99. The van der Waals surface area contributed by atoms with Crippen LogP contribution in [-0.4, -0.2) is 11.0 Å². The second-order valence-electron chi connectivity index (χ2n) is 2.37. The molecule has 2 nitrogen and oxygen atoms in total. The van der Waals surface area contributed by atoms with Crippen molar-refractivity contribution in [2.24, 2.45) is 5.73 Å². The van der Waals surface area contributed by atoms with Crippen LogP contribution in [0.2, 0.25) is 0 Å². The zero-order valence-corrected chi connectivity index (χ0v) is 6.70. The van der Waals surface area contributed by atoms with Gasteiger partial charge in [0.2, 0.25) is 0 Å². The van der Waals surface area contributed by atoms with E-state index in [0.717, 1.165) is 0 Å².